The largest absolute Gasteiger partial charge is 0.316 e. The van der Waals surface area contributed by atoms with E-state index in [0.717, 1.165) is 13.1 Å². The summed E-state index contributed by atoms with van der Waals surface area (Å²) in [7, 11) is -3.53. The number of hydrogen-bond acceptors (Lipinski definition) is 4. The maximum Gasteiger partial charge on any atom is 0.240 e. The van der Waals surface area contributed by atoms with Crippen LogP contribution in [0.15, 0.2) is 29.2 Å². The number of carbonyl (C=O) groups is 1. The molecule has 2 fully saturated rings. The third kappa shape index (κ3) is 2.74. The van der Waals surface area contributed by atoms with E-state index in [9.17, 15) is 13.2 Å². The van der Waals surface area contributed by atoms with Gasteiger partial charge in [-0.3, -0.25) is 4.79 Å². The molecule has 0 spiro atoms. The molecule has 20 heavy (non-hydrogen) atoms. The fourth-order valence-corrected chi connectivity index (χ4v) is 4.11. The first-order chi connectivity index (χ1) is 8.99. The van der Waals surface area contributed by atoms with E-state index in [1.807, 2.05) is 0 Å². The van der Waals surface area contributed by atoms with Crippen LogP contribution in [0.1, 0.15) is 17.3 Å². The molecule has 1 saturated heterocycles. The molecule has 1 aromatic carbocycles. The summed E-state index contributed by atoms with van der Waals surface area (Å²) in [5.41, 5.74) is 0.417. The van der Waals surface area contributed by atoms with Gasteiger partial charge in [-0.2, -0.15) is 0 Å². The van der Waals surface area contributed by atoms with Crippen molar-refractivity contribution in [2.24, 2.45) is 11.8 Å². The molecule has 1 saturated carbocycles. The monoisotopic (exact) mass is 316 g/mol. The Morgan fingerprint density at radius 3 is 2.55 bits per heavy atom. The van der Waals surface area contributed by atoms with E-state index in [1.165, 1.54) is 19.1 Å². The van der Waals surface area contributed by atoms with Crippen molar-refractivity contribution in [2.45, 2.75) is 17.9 Å². The van der Waals surface area contributed by atoms with Crippen LogP contribution in [0.2, 0.25) is 0 Å². The van der Waals surface area contributed by atoms with Crippen LogP contribution in [0, 0.1) is 11.8 Å². The van der Waals surface area contributed by atoms with Gasteiger partial charge in [0.25, 0.3) is 0 Å². The van der Waals surface area contributed by atoms with Crippen LogP contribution in [0.4, 0.5) is 0 Å². The van der Waals surface area contributed by atoms with Gasteiger partial charge in [0.1, 0.15) is 0 Å². The highest BCUT2D eigenvalue weighted by atomic mass is 35.5. The summed E-state index contributed by atoms with van der Waals surface area (Å²) >= 11 is 0. The molecule has 1 heterocycles. The molecular weight excluding hydrogens is 300 g/mol. The Labute approximate surface area is 124 Å². The number of ketones is 1. The summed E-state index contributed by atoms with van der Waals surface area (Å²) in [5, 5.41) is 3.22. The molecule has 1 aliphatic heterocycles. The number of carbonyl (C=O) groups excluding carboxylic acids is 1. The minimum absolute atomic E-state index is 0. The molecule has 7 heteroatoms. The first kappa shape index (κ1) is 15.4. The van der Waals surface area contributed by atoms with Gasteiger partial charge in [-0.1, -0.05) is 12.1 Å². The summed E-state index contributed by atoms with van der Waals surface area (Å²) in [4.78, 5) is 11.5. The van der Waals surface area contributed by atoms with Crippen molar-refractivity contribution in [1.29, 1.82) is 0 Å². The Kier molecular flexibility index (Phi) is 4.20. The summed E-state index contributed by atoms with van der Waals surface area (Å²) in [5.74, 6) is 0.709. The lowest BCUT2D eigenvalue weighted by molar-refractivity contribution is 0.101. The van der Waals surface area contributed by atoms with Gasteiger partial charge in [-0.25, -0.2) is 13.1 Å². The molecule has 0 bridgehead atoms. The third-order valence-electron chi connectivity index (χ3n) is 3.93. The Bertz CT molecular complexity index is 622. The fourth-order valence-electron chi connectivity index (χ4n) is 2.72. The Morgan fingerprint density at radius 2 is 1.95 bits per heavy atom. The molecule has 5 nitrogen and oxygen atoms in total. The SMILES string of the molecule is CC(=O)c1cccc(S(=O)(=O)NC2C3CNCC32)c1.Cl. The van der Waals surface area contributed by atoms with Crippen molar-refractivity contribution in [2.75, 3.05) is 13.1 Å². The van der Waals surface area contributed by atoms with E-state index in [1.54, 1.807) is 12.1 Å². The van der Waals surface area contributed by atoms with E-state index in [-0.39, 0.29) is 29.1 Å². The molecule has 3 rings (SSSR count). The topological polar surface area (TPSA) is 75.3 Å². The second kappa shape index (κ2) is 5.44. The number of hydrogen-bond donors (Lipinski definition) is 2. The van der Waals surface area contributed by atoms with Crippen LogP contribution in [0.5, 0.6) is 0 Å². The molecule has 2 atom stereocenters. The highest BCUT2D eigenvalue weighted by Crippen LogP contribution is 2.42. The van der Waals surface area contributed by atoms with E-state index in [2.05, 4.69) is 10.0 Å². The minimum Gasteiger partial charge on any atom is -0.316 e. The average Bonchev–Trinajstić information content (AvgIpc) is 2.82. The second-order valence-electron chi connectivity index (χ2n) is 5.22. The number of nitrogens with one attached hydrogen (secondary N) is 2. The third-order valence-corrected chi connectivity index (χ3v) is 5.39. The van der Waals surface area contributed by atoms with Gasteiger partial charge in [-0.05, 0) is 44.0 Å². The van der Waals surface area contributed by atoms with Crippen molar-refractivity contribution in [3.05, 3.63) is 29.8 Å². The van der Waals surface area contributed by atoms with Crippen molar-refractivity contribution >= 4 is 28.2 Å². The van der Waals surface area contributed by atoms with E-state index >= 15 is 0 Å². The van der Waals surface area contributed by atoms with Gasteiger partial charge in [0, 0.05) is 11.6 Å². The van der Waals surface area contributed by atoms with Crippen molar-refractivity contribution in [3.63, 3.8) is 0 Å². The number of halogens is 1. The highest BCUT2D eigenvalue weighted by molar-refractivity contribution is 7.89. The zero-order valence-electron chi connectivity index (χ0n) is 11.0. The summed E-state index contributed by atoms with van der Waals surface area (Å²) in [6, 6.07) is 6.22. The van der Waals surface area contributed by atoms with Gasteiger partial charge in [0.05, 0.1) is 4.90 Å². The van der Waals surface area contributed by atoms with Crippen molar-refractivity contribution < 1.29 is 13.2 Å². The normalized spacial score (nSPS) is 27.6. The van der Waals surface area contributed by atoms with Gasteiger partial charge >= 0.3 is 0 Å². The summed E-state index contributed by atoms with van der Waals surface area (Å²) < 4.78 is 27.2. The first-order valence-electron chi connectivity index (χ1n) is 6.33. The highest BCUT2D eigenvalue weighted by Gasteiger charge is 2.54. The van der Waals surface area contributed by atoms with Crippen LogP contribution in [0.3, 0.4) is 0 Å². The number of piperidine rings is 1. The standard InChI is InChI=1S/C13H16N2O3S.ClH/c1-8(16)9-3-2-4-10(5-9)19(17,18)15-13-11-6-14-7-12(11)13;/h2-5,11-15H,6-7H2,1H3;1H. The van der Waals surface area contributed by atoms with Gasteiger partial charge in [0.15, 0.2) is 5.78 Å². The zero-order chi connectivity index (χ0) is 13.6. The van der Waals surface area contributed by atoms with Crippen LogP contribution in [-0.2, 0) is 10.0 Å². The first-order valence-corrected chi connectivity index (χ1v) is 7.81. The number of Topliss-reactive ketones (excluding diaryl/α,β-unsaturated/α-hetero) is 1. The maximum atomic E-state index is 12.2. The molecular formula is C13H17ClN2O3S. The lowest BCUT2D eigenvalue weighted by atomic mass is 10.2. The Balaban J connectivity index is 0.00000147. The molecule has 2 unspecified atom stereocenters. The number of rotatable bonds is 4. The summed E-state index contributed by atoms with van der Waals surface area (Å²) in [6.45, 7) is 3.19. The average molecular weight is 317 g/mol. The molecule has 110 valence electrons. The van der Waals surface area contributed by atoms with E-state index < -0.39 is 10.0 Å². The predicted octanol–water partition coefficient (Wildman–Crippen LogP) is 0.807. The van der Waals surface area contributed by atoms with Crippen LogP contribution >= 0.6 is 12.4 Å². The maximum absolute atomic E-state index is 12.2. The van der Waals surface area contributed by atoms with Crippen molar-refractivity contribution in [3.8, 4) is 0 Å². The van der Waals surface area contributed by atoms with Crippen LogP contribution in [0.25, 0.3) is 0 Å². The Morgan fingerprint density at radius 1 is 1.30 bits per heavy atom. The van der Waals surface area contributed by atoms with Crippen LogP contribution < -0.4 is 10.0 Å². The van der Waals surface area contributed by atoms with Gasteiger partial charge in [0.2, 0.25) is 10.0 Å². The van der Waals surface area contributed by atoms with Crippen LogP contribution in [-0.4, -0.2) is 33.3 Å². The minimum atomic E-state index is -3.53. The van der Waals surface area contributed by atoms with E-state index in [4.69, 9.17) is 0 Å². The zero-order valence-corrected chi connectivity index (χ0v) is 12.6. The fraction of sp³-hybridized carbons (Fsp3) is 0.462. The summed E-state index contributed by atoms with van der Waals surface area (Å²) in [6.07, 6.45) is 0. The lowest BCUT2D eigenvalue weighted by Crippen LogP contribution is -2.32. The van der Waals surface area contributed by atoms with Gasteiger partial charge in [-0.15, -0.1) is 12.4 Å². The van der Waals surface area contributed by atoms with E-state index in [0.29, 0.717) is 17.4 Å². The molecule has 2 aliphatic rings. The smallest absolute Gasteiger partial charge is 0.240 e. The number of fused-ring (bicyclic) bond motifs is 1. The molecule has 0 amide bonds. The number of sulfonamides is 1. The molecule has 2 N–H and O–H groups in total. The second-order valence-corrected chi connectivity index (χ2v) is 6.93. The number of benzene rings is 1. The lowest BCUT2D eigenvalue weighted by Gasteiger charge is -2.09. The quantitative estimate of drug-likeness (QED) is 0.806. The predicted molar refractivity (Wildman–Crippen MR) is 77.7 cm³/mol. The molecule has 1 aliphatic carbocycles. The van der Waals surface area contributed by atoms with Crippen molar-refractivity contribution in [1.82, 2.24) is 10.0 Å². The molecule has 0 radical (unpaired) electrons. The van der Waals surface area contributed by atoms with Gasteiger partial charge < -0.3 is 5.32 Å². The molecule has 1 aromatic rings. The molecule has 0 aromatic heterocycles. The Hall–Kier alpha value is -0.950.